The lowest BCUT2D eigenvalue weighted by atomic mass is 10.1. The molecule has 0 spiro atoms. The number of ether oxygens (including phenoxy) is 1. The van der Waals surface area contributed by atoms with Crippen molar-refractivity contribution in [3.63, 3.8) is 0 Å². The first-order valence-corrected chi connectivity index (χ1v) is 8.55. The van der Waals surface area contributed by atoms with Crippen molar-refractivity contribution in [3.8, 4) is 5.75 Å². The normalized spacial score (nSPS) is 15.8. The lowest BCUT2D eigenvalue weighted by Crippen LogP contribution is -2.41. The minimum atomic E-state index is -0.839. The first-order chi connectivity index (χ1) is 12.0. The number of benzene rings is 2. The highest BCUT2D eigenvalue weighted by molar-refractivity contribution is 6.35. The van der Waals surface area contributed by atoms with Crippen LogP contribution in [-0.4, -0.2) is 24.5 Å². The summed E-state index contributed by atoms with van der Waals surface area (Å²) in [6.45, 7) is 0.408. The van der Waals surface area contributed by atoms with Crippen LogP contribution in [0.25, 0.3) is 0 Å². The van der Waals surface area contributed by atoms with Crippen LogP contribution in [0.15, 0.2) is 42.5 Å². The quantitative estimate of drug-likeness (QED) is 0.837. The van der Waals surface area contributed by atoms with Gasteiger partial charge in [0.25, 0.3) is 5.91 Å². The van der Waals surface area contributed by atoms with Gasteiger partial charge in [0.1, 0.15) is 5.75 Å². The summed E-state index contributed by atoms with van der Waals surface area (Å²) in [5.74, 6) is -0.0212. The third kappa shape index (κ3) is 4.44. The second-order valence-electron chi connectivity index (χ2n) is 5.63. The SMILES string of the molecule is O=C(CC1Oc2ccccc2NC1=O)NCCc1ccc(Cl)cc1Cl. The lowest BCUT2D eigenvalue weighted by Gasteiger charge is -2.25. The van der Waals surface area contributed by atoms with E-state index in [1.165, 1.54) is 0 Å². The zero-order chi connectivity index (χ0) is 17.8. The minimum Gasteiger partial charge on any atom is -0.478 e. The maximum Gasteiger partial charge on any atom is 0.266 e. The number of hydrogen-bond donors (Lipinski definition) is 2. The predicted octanol–water partition coefficient (Wildman–Crippen LogP) is 3.44. The molecule has 1 heterocycles. The summed E-state index contributed by atoms with van der Waals surface area (Å²) < 4.78 is 5.60. The van der Waals surface area contributed by atoms with E-state index >= 15 is 0 Å². The number of carbonyl (C=O) groups is 2. The van der Waals surface area contributed by atoms with Crippen molar-refractivity contribution in [2.24, 2.45) is 0 Å². The Labute approximate surface area is 155 Å². The average molecular weight is 379 g/mol. The molecule has 25 heavy (non-hydrogen) atoms. The number of para-hydroxylation sites is 2. The summed E-state index contributed by atoms with van der Waals surface area (Å²) in [6, 6.07) is 12.4. The van der Waals surface area contributed by atoms with Crippen LogP contribution in [0.3, 0.4) is 0 Å². The van der Waals surface area contributed by atoms with Crippen LogP contribution >= 0.6 is 23.2 Å². The predicted molar refractivity (Wildman–Crippen MR) is 97.3 cm³/mol. The van der Waals surface area contributed by atoms with E-state index in [0.29, 0.717) is 34.4 Å². The van der Waals surface area contributed by atoms with Crippen molar-refractivity contribution in [3.05, 3.63) is 58.1 Å². The van der Waals surface area contributed by atoms with Crippen molar-refractivity contribution in [1.82, 2.24) is 5.32 Å². The molecule has 0 aliphatic carbocycles. The molecule has 1 atom stereocenters. The van der Waals surface area contributed by atoms with E-state index in [1.54, 1.807) is 30.3 Å². The Kier molecular flexibility index (Phi) is 5.46. The third-order valence-electron chi connectivity index (χ3n) is 3.81. The van der Waals surface area contributed by atoms with Gasteiger partial charge in [0.2, 0.25) is 5.91 Å². The largest absolute Gasteiger partial charge is 0.478 e. The second kappa shape index (κ2) is 7.76. The number of rotatable bonds is 5. The van der Waals surface area contributed by atoms with E-state index in [9.17, 15) is 9.59 Å². The highest BCUT2D eigenvalue weighted by Gasteiger charge is 2.29. The van der Waals surface area contributed by atoms with Gasteiger partial charge in [-0.1, -0.05) is 41.4 Å². The monoisotopic (exact) mass is 378 g/mol. The van der Waals surface area contributed by atoms with Crippen LogP contribution in [0.4, 0.5) is 5.69 Å². The molecule has 2 aromatic carbocycles. The fourth-order valence-corrected chi connectivity index (χ4v) is 3.03. The Morgan fingerprint density at radius 2 is 2.00 bits per heavy atom. The fraction of sp³-hybridized carbons (Fsp3) is 0.222. The van der Waals surface area contributed by atoms with E-state index < -0.39 is 6.10 Å². The Morgan fingerprint density at radius 1 is 1.20 bits per heavy atom. The van der Waals surface area contributed by atoms with Gasteiger partial charge in [-0.25, -0.2) is 0 Å². The van der Waals surface area contributed by atoms with Crippen LogP contribution in [-0.2, 0) is 16.0 Å². The van der Waals surface area contributed by atoms with E-state index in [-0.39, 0.29) is 18.2 Å². The maximum atomic E-state index is 12.1. The molecule has 2 amide bonds. The van der Waals surface area contributed by atoms with Crippen LogP contribution in [0.5, 0.6) is 5.75 Å². The summed E-state index contributed by atoms with van der Waals surface area (Å²) in [7, 11) is 0. The molecule has 0 aromatic heterocycles. The van der Waals surface area contributed by atoms with E-state index in [2.05, 4.69) is 10.6 Å². The van der Waals surface area contributed by atoms with Crippen LogP contribution in [0.1, 0.15) is 12.0 Å². The molecule has 0 fully saturated rings. The molecule has 2 aromatic rings. The van der Waals surface area contributed by atoms with Crippen molar-refractivity contribution >= 4 is 40.7 Å². The maximum absolute atomic E-state index is 12.1. The van der Waals surface area contributed by atoms with Crippen LogP contribution < -0.4 is 15.4 Å². The van der Waals surface area contributed by atoms with Crippen LogP contribution in [0, 0.1) is 0 Å². The molecular weight excluding hydrogens is 363 g/mol. The molecule has 7 heteroatoms. The highest BCUT2D eigenvalue weighted by Crippen LogP contribution is 2.29. The topological polar surface area (TPSA) is 67.4 Å². The van der Waals surface area contributed by atoms with Gasteiger partial charge in [-0.15, -0.1) is 0 Å². The van der Waals surface area contributed by atoms with E-state index in [1.807, 2.05) is 12.1 Å². The van der Waals surface area contributed by atoms with Gasteiger partial charge in [0.15, 0.2) is 6.10 Å². The summed E-state index contributed by atoms with van der Waals surface area (Å²) in [4.78, 5) is 24.1. The first-order valence-electron chi connectivity index (χ1n) is 7.80. The Balaban J connectivity index is 1.50. The molecule has 0 radical (unpaired) electrons. The van der Waals surface area contributed by atoms with Gasteiger partial charge in [0.05, 0.1) is 12.1 Å². The summed E-state index contributed by atoms with van der Waals surface area (Å²) in [5.41, 5.74) is 1.51. The van der Waals surface area contributed by atoms with Crippen molar-refractivity contribution < 1.29 is 14.3 Å². The zero-order valence-corrected chi connectivity index (χ0v) is 14.7. The number of carbonyl (C=O) groups excluding carboxylic acids is 2. The van der Waals surface area contributed by atoms with Crippen molar-refractivity contribution in [1.29, 1.82) is 0 Å². The summed E-state index contributed by atoms with van der Waals surface area (Å²) in [6.07, 6.45) is -0.314. The van der Waals surface area contributed by atoms with Gasteiger partial charge in [-0.05, 0) is 36.2 Å². The van der Waals surface area contributed by atoms with E-state index in [4.69, 9.17) is 27.9 Å². The van der Waals surface area contributed by atoms with Gasteiger partial charge in [-0.2, -0.15) is 0 Å². The smallest absolute Gasteiger partial charge is 0.266 e. The third-order valence-corrected chi connectivity index (χ3v) is 4.40. The standard InChI is InChI=1S/C18H16Cl2N2O3/c19-12-6-5-11(13(20)9-12)7-8-21-17(23)10-16-18(24)22-14-3-1-2-4-15(14)25-16/h1-6,9,16H,7-8,10H2,(H,21,23)(H,22,24). The zero-order valence-electron chi connectivity index (χ0n) is 13.2. The fourth-order valence-electron chi connectivity index (χ4n) is 2.53. The van der Waals surface area contributed by atoms with Gasteiger partial charge < -0.3 is 15.4 Å². The van der Waals surface area contributed by atoms with Crippen molar-refractivity contribution in [2.45, 2.75) is 18.9 Å². The Hall–Kier alpha value is -2.24. The first kappa shape index (κ1) is 17.6. The molecule has 1 unspecified atom stereocenters. The molecule has 1 aliphatic rings. The molecule has 0 saturated heterocycles. The number of anilines is 1. The lowest BCUT2D eigenvalue weighted by molar-refractivity contribution is -0.130. The number of halogens is 2. The van der Waals surface area contributed by atoms with E-state index in [0.717, 1.165) is 5.56 Å². The number of nitrogens with one attached hydrogen (secondary N) is 2. The molecule has 3 rings (SSSR count). The minimum absolute atomic E-state index is 0.0471. The molecule has 2 N–H and O–H groups in total. The number of amides is 2. The number of fused-ring (bicyclic) bond motifs is 1. The average Bonchev–Trinajstić information content (AvgIpc) is 2.57. The molecule has 0 saturated carbocycles. The second-order valence-corrected chi connectivity index (χ2v) is 6.48. The molecule has 130 valence electrons. The summed E-state index contributed by atoms with van der Waals surface area (Å²) >= 11 is 12.0. The molecule has 1 aliphatic heterocycles. The van der Waals surface area contributed by atoms with Gasteiger partial charge in [0, 0.05) is 16.6 Å². The molecular formula is C18H16Cl2N2O3. The molecule has 5 nitrogen and oxygen atoms in total. The van der Waals surface area contributed by atoms with Crippen LogP contribution in [0.2, 0.25) is 10.0 Å². The van der Waals surface area contributed by atoms with Gasteiger partial charge in [-0.3, -0.25) is 9.59 Å². The van der Waals surface area contributed by atoms with Crippen molar-refractivity contribution in [2.75, 3.05) is 11.9 Å². The van der Waals surface area contributed by atoms with Gasteiger partial charge >= 0.3 is 0 Å². The Bertz CT molecular complexity index is 811. The summed E-state index contributed by atoms with van der Waals surface area (Å²) in [5, 5.41) is 6.64. The molecule has 0 bridgehead atoms. The Morgan fingerprint density at radius 3 is 2.80 bits per heavy atom. The highest BCUT2D eigenvalue weighted by atomic mass is 35.5. The number of hydrogen-bond acceptors (Lipinski definition) is 3.